The molecule has 0 saturated heterocycles. The molecule has 0 bridgehead atoms. The second kappa shape index (κ2) is 9.82. The molecule has 11 heteroatoms. The average molecular weight is 507 g/mol. The second-order valence-corrected chi connectivity index (χ2v) is 8.27. The number of anilines is 1. The lowest BCUT2D eigenvalue weighted by molar-refractivity contribution is 0.101. The first kappa shape index (κ1) is 23.7. The highest BCUT2D eigenvalue weighted by atomic mass is 35.5. The van der Waals surface area contributed by atoms with E-state index in [9.17, 15) is 13.6 Å². The number of nitrogens with zero attached hydrogens (tertiary/aromatic N) is 3. The van der Waals surface area contributed by atoms with Gasteiger partial charge in [0.1, 0.15) is 18.2 Å². The number of carbonyl (C=O) groups excluding carboxylic acids is 1. The SMILES string of the molecule is Cc1onc(C(=O)Nc2cc(C)n(Cc3ccc(Cl)c(Cl)c3)n2)c1COc1ccc(F)cc1F. The summed E-state index contributed by atoms with van der Waals surface area (Å²) in [5.41, 5.74) is 1.98. The molecule has 0 radical (unpaired) electrons. The Morgan fingerprint density at radius 3 is 2.65 bits per heavy atom. The maximum absolute atomic E-state index is 13.9. The summed E-state index contributed by atoms with van der Waals surface area (Å²) < 4.78 is 39.2. The van der Waals surface area contributed by atoms with Gasteiger partial charge in [0.05, 0.1) is 22.2 Å². The highest BCUT2D eigenvalue weighted by Gasteiger charge is 2.22. The van der Waals surface area contributed by atoms with Crippen molar-refractivity contribution in [3.63, 3.8) is 0 Å². The average Bonchev–Trinajstić information content (AvgIpc) is 3.32. The molecule has 0 fully saturated rings. The quantitative estimate of drug-likeness (QED) is 0.334. The summed E-state index contributed by atoms with van der Waals surface area (Å²) in [5, 5.41) is 11.8. The minimum Gasteiger partial charge on any atom is -0.486 e. The predicted octanol–water partition coefficient (Wildman–Crippen LogP) is 5.95. The van der Waals surface area contributed by atoms with Crippen molar-refractivity contribution in [3.8, 4) is 5.75 Å². The third-order valence-electron chi connectivity index (χ3n) is 5.00. The molecule has 0 saturated carbocycles. The van der Waals surface area contributed by atoms with Gasteiger partial charge in [0, 0.05) is 17.8 Å². The number of aromatic nitrogens is 3. The number of halogens is 4. The van der Waals surface area contributed by atoms with Crippen LogP contribution in [0.3, 0.4) is 0 Å². The van der Waals surface area contributed by atoms with E-state index in [0.717, 1.165) is 23.4 Å². The summed E-state index contributed by atoms with van der Waals surface area (Å²) in [4.78, 5) is 12.8. The Morgan fingerprint density at radius 2 is 1.91 bits per heavy atom. The zero-order chi connectivity index (χ0) is 24.4. The fourth-order valence-corrected chi connectivity index (χ4v) is 3.52. The van der Waals surface area contributed by atoms with E-state index in [-0.39, 0.29) is 18.1 Å². The molecule has 1 N–H and O–H groups in total. The smallest absolute Gasteiger partial charge is 0.279 e. The van der Waals surface area contributed by atoms with E-state index < -0.39 is 17.5 Å². The number of benzene rings is 2. The van der Waals surface area contributed by atoms with Crippen molar-refractivity contribution in [1.29, 1.82) is 0 Å². The van der Waals surface area contributed by atoms with Crippen LogP contribution in [0.15, 0.2) is 47.0 Å². The van der Waals surface area contributed by atoms with E-state index in [2.05, 4.69) is 15.6 Å². The van der Waals surface area contributed by atoms with Crippen molar-refractivity contribution < 1.29 is 22.8 Å². The molecule has 0 unspecified atom stereocenters. The summed E-state index contributed by atoms with van der Waals surface area (Å²) in [6, 6.07) is 9.93. The van der Waals surface area contributed by atoms with Crippen LogP contribution in [0.4, 0.5) is 14.6 Å². The third-order valence-corrected chi connectivity index (χ3v) is 5.74. The van der Waals surface area contributed by atoms with Gasteiger partial charge >= 0.3 is 0 Å². The highest BCUT2D eigenvalue weighted by molar-refractivity contribution is 6.42. The summed E-state index contributed by atoms with van der Waals surface area (Å²) in [6.45, 7) is 3.66. The maximum atomic E-state index is 13.9. The van der Waals surface area contributed by atoms with Gasteiger partial charge in [-0.25, -0.2) is 8.78 Å². The molecule has 4 rings (SSSR count). The van der Waals surface area contributed by atoms with Crippen molar-refractivity contribution in [1.82, 2.24) is 14.9 Å². The lowest BCUT2D eigenvalue weighted by Gasteiger charge is -2.08. The fraction of sp³-hybridized carbons (Fsp3) is 0.174. The van der Waals surface area contributed by atoms with Crippen LogP contribution in [0.25, 0.3) is 0 Å². The van der Waals surface area contributed by atoms with E-state index in [4.69, 9.17) is 32.5 Å². The van der Waals surface area contributed by atoms with E-state index in [1.807, 2.05) is 13.0 Å². The van der Waals surface area contributed by atoms with E-state index in [1.165, 1.54) is 0 Å². The summed E-state index contributed by atoms with van der Waals surface area (Å²) >= 11 is 12.0. The first-order valence-electron chi connectivity index (χ1n) is 10.0. The molecule has 0 aliphatic heterocycles. The van der Waals surface area contributed by atoms with Gasteiger partial charge in [0.15, 0.2) is 23.1 Å². The van der Waals surface area contributed by atoms with Gasteiger partial charge < -0.3 is 14.6 Å². The molecule has 2 aromatic heterocycles. The molecule has 0 aliphatic rings. The molecule has 4 aromatic rings. The normalized spacial score (nSPS) is 11.0. The second-order valence-electron chi connectivity index (χ2n) is 7.46. The minimum atomic E-state index is -0.858. The van der Waals surface area contributed by atoms with E-state index >= 15 is 0 Å². The molecule has 1 amide bonds. The van der Waals surface area contributed by atoms with Crippen molar-refractivity contribution in [2.45, 2.75) is 27.0 Å². The van der Waals surface area contributed by atoms with Gasteiger partial charge in [0.2, 0.25) is 0 Å². The summed E-state index contributed by atoms with van der Waals surface area (Å²) in [6.07, 6.45) is 0. The predicted molar refractivity (Wildman–Crippen MR) is 122 cm³/mol. The van der Waals surface area contributed by atoms with Crippen molar-refractivity contribution in [2.24, 2.45) is 0 Å². The van der Waals surface area contributed by atoms with Gasteiger partial charge in [-0.2, -0.15) is 5.10 Å². The largest absolute Gasteiger partial charge is 0.486 e. The summed E-state index contributed by atoms with van der Waals surface area (Å²) in [5.74, 6) is -1.68. The molecule has 0 atom stereocenters. The number of hydrogen-bond donors (Lipinski definition) is 1. The molecule has 0 spiro atoms. The van der Waals surface area contributed by atoms with Crippen LogP contribution in [0.2, 0.25) is 10.0 Å². The minimum absolute atomic E-state index is 0.0308. The van der Waals surface area contributed by atoms with E-state index in [0.29, 0.717) is 39.8 Å². The molecule has 34 heavy (non-hydrogen) atoms. The number of aryl methyl sites for hydroxylation is 2. The zero-order valence-electron chi connectivity index (χ0n) is 18.0. The molecule has 2 heterocycles. The van der Waals surface area contributed by atoms with Gasteiger partial charge in [-0.15, -0.1) is 0 Å². The van der Waals surface area contributed by atoms with Crippen LogP contribution >= 0.6 is 23.2 Å². The number of nitrogens with one attached hydrogen (secondary N) is 1. The van der Waals surface area contributed by atoms with Crippen LogP contribution in [-0.2, 0) is 13.2 Å². The van der Waals surface area contributed by atoms with Crippen molar-refractivity contribution in [2.75, 3.05) is 5.32 Å². The van der Waals surface area contributed by atoms with E-state index in [1.54, 1.807) is 29.8 Å². The number of hydrogen-bond acceptors (Lipinski definition) is 5. The Hall–Kier alpha value is -3.43. The van der Waals surface area contributed by atoms with Gasteiger partial charge in [0.25, 0.3) is 5.91 Å². The lowest BCUT2D eigenvalue weighted by atomic mass is 10.2. The monoisotopic (exact) mass is 506 g/mol. The standard InChI is InChI=1S/C23H18Cl2F2N4O3/c1-12-7-21(29-31(12)10-14-3-5-17(24)18(25)8-14)28-23(32)22-16(13(2)34-30-22)11-33-20-6-4-15(26)9-19(20)27/h3-9H,10-11H2,1-2H3,(H,28,29,32). The molecule has 176 valence electrons. The Kier molecular flexibility index (Phi) is 6.85. The van der Waals surface area contributed by atoms with Gasteiger partial charge in [-0.05, 0) is 43.7 Å². The van der Waals surface area contributed by atoms with Crippen molar-refractivity contribution in [3.05, 3.63) is 92.4 Å². The zero-order valence-corrected chi connectivity index (χ0v) is 19.5. The Labute approximate surface area is 203 Å². The Morgan fingerprint density at radius 1 is 1.12 bits per heavy atom. The fourth-order valence-electron chi connectivity index (χ4n) is 3.20. The topological polar surface area (TPSA) is 82.2 Å². The van der Waals surface area contributed by atoms with Crippen LogP contribution in [-0.4, -0.2) is 20.8 Å². The maximum Gasteiger partial charge on any atom is 0.279 e. The number of ether oxygens (including phenoxy) is 1. The highest BCUT2D eigenvalue weighted by Crippen LogP contribution is 2.24. The van der Waals surface area contributed by atoms with Gasteiger partial charge in [-0.3, -0.25) is 9.48 Å². The van der Waals surface area contributed by atoms with Crippen LogP contribution in [0, 0.1) is 25.5 Å². The number of carbonyl (C=O) groups is 1. The molecule has 0 aliphatic carbocycles. The van der Waals surface area contributed by atoms with Crippen molar-refractivity contribution >= 4 is 34.9 Å². The third kappa shape index (κ3) is 5.21. The Bertz CT molecular complexity index is 1370. The molecular weight excluding hydrogens is 489 g/mol. The number of rotatable bonds is 7. The first-order chi connectivity index (χ1) is 16.2. The summed E-state index contributed by atoms with van der Waals surface area (Å²) in [7, 11) is 0. The molecule has 7 nitrogen and oxygen atoms in total. The van der Waals surface area contributed by atoms with Gasteiger partial charge in [-0.1, -0.05) is 34.4 Å². The van der Waals surface area contributed by atoms with Crippen LogP contribution in [0.1, 0.15) is 33.1 Å². The Balaban J connectivity index is 1.47. The molecular formula is C23H18Cl2F2N4O3. The lowest BCUT2D eigenvalue weighted by Crippen LogP contribution is -2.16. The van der Waals surface area contributed by atoms with Crippen LogP contribution in [0.5, 0.6) is 5.75 Å². The van der Waals surface area contributed by atoms with Crippen LogP contribution < -0.4 is 10.1 Å². The number of amides is 1. The first-order valence-corrected chi connectivity index (χ1v) is 10.8. The molecule has 2 aromatic carbocycles.